The zero-order valence-corrected chi connectivity index (χ0v) is 17.0. The molecule has 0 aliphatic carbocycles. The van der Waals surface area contributed by atoms with Gasteiger partial charge in [0.2, 0.25) is 5.78 Å². The Balaban J connectivity index is 1.65. The third-order valence-electron chi connectivity index (χ3n) is 4.79. The average molecular weight is 416 g/mol. The Morgan fingerprint density at radius 1 is 0.900 bits per heavy atom. The molecule has 3 aromatic carbocycles. The minimum atomic E-state index is -0.581. The number of aryl methyl sites for hydroxylation is 1. The van der Waals surface area contributed by atoms with Crippen LogP contribution >= 0.6 is 11.6 Å². The molecule has 0 bridgehead atoms. The second kappa shape index (κ2) is 8.47. The van der Waals surface area contributed by atoms with Crippen molar-refractivity contribution in [3.63, 3.8) is 0 Å². The molecular formula is C25H18ClNO3. The summed E-state index contributed by atoms with van der Waals surface area (Å²) >= 11 is 6.06. The number of carbonyl (C=O) groups excluding carboxylic acids is 2. The highest BCUT2D eigenvalue weighted by Gasteiger charge is 2.18. The number of ketones is 1. The number of carbonyl (C=O) groups is 2. The number of hydrogen-bond acceptors (Lipinski definition) is 4. The molecule has 0 atom stereocenters. The maximum atomic E-state index is 12.9. The van der Waals surface area contributed by atoms with Crippen molar-refractivity contribution in [1.82, 2.24) is 4.98 Å². The Morgan fingerprint density at radius 2 is 1.60 bits per heavy atom. The Kier molecular flexibility index (Phi) is 5.59. The number of pyridine rings is 1. The molecule has 0 radical (unpaired) electrons. The van der Waals surface area contributed by atoms with Gasteiger partial charge in [-0.2, -0.15) is 0 Å². The molecule has 0 aliphatic rings. The fourth-order valence-corrected chi connectivity index (χ4v) is 3.43. The van der Waals surface area contributed by atoms with Gasteiger partial charge in [-0.3, -0.25) is 4.79 Å². The molecule has 0 saturated heterocycles. The van der Waals surface area contributed by atoms with Gasteiger partial charge in [0.1, 0.15) is 0 Å². The van der Waals surface area contributed by atoms with E-state index in [4.69, 9.17) is 16.3 Å². The van der Waals surface area contributed by atoms with Crippen molar-refractivity contribution in [3.8, 4) is 11.3 Å². The standard InChI is InChI=1S/C25H18ClNO3/c1-16-10-12-17(13-11-16)23-14-20(18-6-3-5-9-22(18)27-23)25(29)30-15-24(28)19-7-2-4-8-21(19)26/h2-14H,15H2,1H3. The van der Waals surface area contributed by atoms with E-state index < -0.39 is 5.97 Å². The van der Waals surface area contributed by atoms with Crippen molar-refractivity contribution >= 4 is 34.3 Å². The van der Waals surface area contributed by atoms with E-state index in [1.54, 1.807) is 30.3 Å². The normalized spacial score (nSPS) is 10.7. The number of halogens is 1. The largest absolute Gasteiger partial charge is 0.454 e. The van der Waals surface area contributed by atoms with E-state index in [9.17, 15) is 9.59 Å². The summed E-state index contributed by atoms with van der Waals surface area (Å²) in [7, 11) is 0. The molecule has 148 valence electrons. The van der Waals surface area contributed by atoms with Crippen molar-refractivity contribution in [3.05, 3.63) is 101 Å². The molecule has 1 heterocycles. The molecule has 0 fully saturated rings. The summed E-state index contributed by atoms with van der Waals surface area (Å²) in [5, 5.41) is 0.998. The second-order valence-corrected chi connectivity index (χ2v) is 7.32. The first-order chi connectivity index (χ1) is 14.5. The van der Waals surface area contributed by atoms with Crippen LogP contribution in [0.4, 0.5) is 0 Å². The number of ether oxygens (including phenoxy) is 1. The zero-order chi connectivity index (χ0) is 21.1. The van der Waals surface area contributed by atoms with Crippen LogP contribution in [0.5, 0.6) is 0 Å². The van der Waals surface area contributed by atoms with E-state index in [2.05, 4.69) is 4.98 Å². The molecule has 0 spiro atoms. The third-order valence-corrected chi connectivity index (χ3v) is 5.12. The van der Waals surface area contributed by atoms with E-state index in [1.165, 1.54) is 0 Å². The fourth-order valence-electron chi connectivity index (χ4n) is 3.19. The maximum Gasteiger partial charge on any atom is 0.339 e. The van der Waals surface area contributed by atoms with Crippen LogP contribution in [-0.4, -0.2) is 23.3 Å². The van der Waals surface area contributed by atoms with Gasteiger partial charge >= 0.3 is 5.97 Å². The number of fused-ring (bicyclic) bond motifs is 1. The van der Waals surface area contributed by atoms with Gasteiger partial charge in [-0.05, 0) is 31.2 Å². The van der Waals surface area contributed by atoms with Crippen LogP contribution in [0.25, 0.3) is 22.2 Å². The zero-order valence-electron chi connectivity index (χ0n) is 16.3. The van der Waals surface area contributed by atoms with Crippen molar-refractivity contribution in [2.45, 2.75) is 6.92 Å². The van der Waals surface area contributed by atoms with Gasteiger partial charge in [0, 0.05) is 16.5 Å². The summed E-state index contributed by atoms with van der Waals surface area (Å²) in [5.41, 5.74) is 4.07. The predicted octanol–water partition coefficient (Wildman–Crippen LogP) is 5.90. The quantitative estimate of drug-likeness (QED) is 0.300. The van der Waals surface area contributed by atoms with Gasteiger partial charge in [-0.1, -0.05) is 71.8 Å². The lowest BCUT2D eigenvalue weighted by Gasteiger charge is -2.10. The maximum absolute atomic E-state index is 12.9. The number of esters is 1. The van der Waals surface area contributed by atoms with Crippen LogP contribution in [0, 0.1) is 6.92 Å². The lowest BCUT2D eigenvalue weighted by Crippen LogP contribution is -2.15. The van der Waals surface area contributed by atoms with E-state index in [1.807, 2.05) is 55.5 Å². The first-order valence-electron chi connectivity index (χ1n) is 9.44. The number of hydrogen-bond donors (Lipinski definition) is 0. The summed E-state index contributed by atoms with van der Waals surface area (Å²) < 4.78 is 5.34. The SMILES string of the molecule is Cc1ccc(-c2cc(C(=O)OCC(=O)c3ccccc3Cl)c3ccccc3n2)cc1. The Bertz CT molecular complexity index is 1250. The Labute approximate surface area is 179 Å². The third kappa shape index (κ3) is 4.09. The predicted molar refractivity (Wildman–Crippen MR) is 118 cm³/mol. The molecule has 0 saturated carbocycles. The van der Waals surface area contributed by atoms with Crippen LogP contribution < -0.4 is 0 Å². The smallest absolute Gasteiger partial charge is 0.339 e. The molecule has 1 aromatic heterocycles. The highest BCUT2D eigenvalue weighted by Crippen LogP contribution is 2.26. The monoisotopic (exact) mass is 415 g/mol. The molecule has 0 aliphatic heterocycles. The van der Waals surface area contributed by atoms with Gasteiger partial charge < -0.3 is 4.74 Å². The van der Waals surface area contributed by atoms with E-state index in [-0.39, 0.29) is 12.4 Å². The second-order valence-electron chi connectivity index (χ2n) is 6.92. The molecule has 5 heteroatoms. The van der Waals surface area contributed by atoms with E-state index in [0.717, 1.165) is 11.1 Å². The lowest BCUT2D eigenvalue weighted by atomic mass is 10.0. The molecule has 0 unspecified atom stereocenters. The molecule has 30 heavy (non-hydrogen) atoms. The Hall–Kier alpha value is -3.50. The topological polar surface area (TPSA) is 56.3 Å². The number of benzene rings is 3. The summed E-state index contributed by atoms with van der Waals surface area (Å²) in [6.45, 7) is 1.62. The van der Waals surface area contributed by atoms with Gasteiger partial charge in [-0.25, -0.2) is 9.78 Å². The minimum Gasteiger partial charge on any atom is -0.454 e. The summed E-state index contributed by atoms with van der Waals surface area (Å²) in [5.74, 6) is -0.937. The van der Waals surface area contributed by atoms with Gasteiger partial charge in [-0.15, -0.1) is 0 Å². The lowest BCUT2D eigenvalue weighted by molar-refractivity contribution is 0.0476. The van der Waals surface area contributed by atoms with Gasteiger partial charge in [0.25, 0.3) is 0 Å². The van der Waals surface area contributed by atoms with Crippen LogP contribution in [0.2, 0.25) is 5.02 Å². The van der Waals surface area contributed by atoms with Crippen molar-refractivity contribution in [2.24, 2.45) is 0 Å². The number of aromatic nitrogens is 1. The van der Waals surface area contributed by atoms with Crippen molar-refractivity contribution < 1.29 is 14.3 Å². The molecule has 4 aromatic rings. The van der Waals surface area contributed by atoms with Crippen LogP contribution in [0.1, 0.15) is 26.3 Å². The van der Waals surface area contributed by atoms with Crippen molar-refractivity contribution in [2.75, 3.05) is 6.61 Å². The highest BCUT2D eigenvalue weighted by molar-refractivity contribution is 6.34. The fraction of sp³-hybridized carbons (Fsp3) is 0.0800. The minimum absolute atomic E-state index is 0.326. The van der Waals surface area contributed by atoms with Gasteiger partial charge in [0.15, 0.2) is 6.61 Å². The van der Waals surface area contributed by atoms with E-state index >= 15 is 0 Å². The number of nitrogens with zero attached hydrogens (tertiary/aromatic N) is 1. The molecular weight excluding hydrogens is 398 g/mol. The molecule has 4 nitrogen and oxygen atoms in total. The van der Waals surface area contributed by atoms with E-state index in [0.29, 0.717) is 32.7 Å². The van der Waals surface area contributed by atoms with Crippen LogP contribution in [0.3, 0.4) is 0 Å². The first-order valence-corrected chi connectivity index (χ1v) is 9.82. The molecule has 0 amide bonds. The Morgan fingerprint density at radius 3 is 2.37 bits per heavy atom. The summed E-state index contributed by atoms with van der Waals surface area (Å²) in [4.78, 5) is 30.0. The number of rotatable bonds is 5. The van der Waals surface area contributed by atoms with Crippen LogP contribution in [0.15, 0.2) is 78.9 Å². The summed E-state index contributed by atoms with van der Waals surface area (Å²) in [6.07, 6.45) is 0. The molecule has 4 rings (SSSR count). The van der Waals surface area contributed by atoms with Crippen molar-refractivity contribution in [1.29, 1.82) is 0 Å². The summed E-state index contributed by atoms with van der Waals surface area (Å²) in [6, 6.07) is 23.7. The highest BCUT2D eigenvalue weighted by atomic mass is 35.5. The first kappa shape index (κ1) is 19.8. The number of para-hydroxylation sites is 1. The average Bonchev–Trinajstić information content (AvgIpc) is 2.77. The molecule has 0 N–H and O–H groups in total. The van der Waals surface area contributed by atoms with Crippen LogP contribution in [-0.2, 0) is 4.74 Å². The number of Topliss-reactive ketones (excluding diaryl/α,β-unsaturated/α-hetero) is 1. The van der Waals surface area contributed by atoms with Gasteiger partial charge in [0.05, 0.1) is 21.8 Å².